The van der Waals surface area contributed by atoms with Crippen LogP contribution < -0.4 is 5.32 Å². The average Bonchev–Trinajstić information content (AvgIpc) is 2.95. The van der Waals surface area contributed by atoms with Crippen LogP contribution in [0.15, 0.2) is 54.7 Å². The maximum absolute atomic E-state index is 12.5. The molecule has 4 nitrogen and oxygen atoms in total. The van der Waals surface area contributed by atoms with Gasteiger partial charge in [0.25, 0.3) is 5.91 Å². The summed E-state index contributed by atoms with van der Waals surface area (Å²) in [6, 6.07) is 15.6. The highest BCUT2D eigenvalue weighted by Crippen LogP contribution is 2.23. The lowest BCUT2D eigenvalue weighted by Gasteiger charge is -2.10. The monoisotopic (exact) mass is 293 g/mol. The first-order valence-corrected chi connectivity index (χ1v) is 7.61. The van der Waals surface area contributed by atoms with Gasteiger partial charge in [0.2, 0.25) is 0 Å². The lowest BCUT2D eigenvalue weighted by molar-refractivity contribution is 0.0946. The number of unbranched alkanes of at least 4 members (excludes halogenated alkanes) is 1. The molecule has 0 bridgehead atoms. The SMILES string of the molecule is CCCCNC(=O)c1cc2ccccc2n1-c1ccccn1. The molecular formula is C18H19N3O. The van der Waals surface area contributed by atoms with E-state index in [9.17, 15) is 4.79 Å². The van der Waals surface area contributed by atoms with Gasteiger partial charge in [-0.1, -0.05) is 37.6 Å². The fourth-order valence-electron chi connectivity index (χ4n) is 2.52. The van der Waals surface area contributed by atoms with Crippen molar-refractivity contribution in [3.63, 3.8) is 0 Å². The van der Waals surface area contributed by atoms with Gasteiger partial charge in [-0.2, -0.15) is 0 Å². The Morgan fingerprint density at radius 2 is 2.00 bits per heavy atom. The molecule has 0 saturated carbocycles. The Hall–Kier alpha value is -2.62. The van der Waals surface area contributed by atoms with Crippen LogP contribution in [0, 0.1) is 0 Å². The summed E-state index contributed by atoms with van der Waals surface area (Å²) in [6.45, 7) is 2.80. The number of nitrogens with zero attached hydrogens (tertiary/aromatic N) is 2. The molecule has 22 heavy (non-hydrogen) atoms. The third-order valence-corrected chi connectivity index (χ3v) is 3.64. The predicted octanol–water partition coefficient (Wildman–Crippen LogP) is 3.56. The summed E-state index contributed by atoms with van der Waals surface area (Å²) in [5.41, 5.74) is 1.61. The summed E-state index contributed by atoms with van der Waals surface area (Å²) < 4.78 is 1.91. The molecular weight excluding hydrogens is 274 g/mol. The van der Waals surface area contributed by atoms with Gasteiger partial charge >= 0.3 is 0 Å². The number of benzene rings is 1. The summed E-state index contributed by atoms with van der Waals surface area (Å²) >= 11 is 0. The van der Waals surface area contributed by atoms with Crippen molar-refractivity contribution < 1.29 is 4.79 Å². The molecule has 0 spiro atoms. The molecule has 0 saturated heterocycles. The second-order valence-electron chi connectivity index (χ2n) is 5.22. The van der Waals surface area contributed by atoms with Crippen molar-refractivity contribution in [2.24, 2.45) is 0 Å². The molecule has 3 aromatic rings. The maximum Gasteiger partial charge on any atom is 0.268 e. The first-order chi connectivity index (χ1) is 10.8. The number of fused-ring (bicyclic) bond motifs is 1. The van der Waals surface area contributed by atoms with E-state index in [4.69, 9.17) is 0 Å². The van der Waals surface area contributed by atoms with E-state index >= 15 is 0 Å². The van der Waals surface area contributed by atoms with E-state index in [2.05, 4.69) is 17.2 Å². The number of amides is 1. The number of carbonyl (C=O) groups excluding carboxylic acids is 1. The lowest BCUT2D eigenvalue weighted by atomic mass is 10.2. The number of rotatable bonds is 5. The molecule has 1 N–H and O–H groups in total. The number of para-hydroxylation sites is 1. The first-order valence-electron chi connectivity index (χ1n) is 7.61. The highest BCUT2D eigenvalue weighted by molar-refractivity contribution is 5.99. The van der Waals surface area contributed by atoms with Gasteiger partial charge in [0.15, 0.2) is 0 Å². The second-order valence-corrected chi connectivity index (χ2v) is 5.22. The second kappa shape index (κ2) is 6.43. The summed E-state index contributed by atoms with van der Waals surface area (Å²) in [5, 5.41) is 4.02. The molecule has 0 aliphatic heterocycles. The van der Waals surface area contributed by atoms with Crippen molar-refractivity contribution in [3.8, 4) is 5.82 Å². The van der Waals surface area contributed by atoms with Gasteiger partial charge in [0, 0.05) is 18.1 Å². The van der Waals surface area contributed by atoms with Crippen molar-refractivity contribution in [2.75, 3.05) is 6.54 Å². The van der Waals surface area contributed by atoms with Crippen LogP contribution in [0.1, 0.15) is 30.3 Å². The molecule has 0 aliphatic carbocycles. The molecule has 0 fully saturated rings. The lowest BCUT2D eigenvalue weighted by Crippen LogP contribution is -2.26. The Labute approximate surface area is 129 Å². The number of hydrogen-bond acceptors (Lipinski definition) is 2. The number of aromatic nitrogens is 2. The number of pyridine rings is 1. The normalized spacial score (nSPS) is 10.8. The average molecular weight is 293 g/mol. The van der Waals surface area contributed by atoms with Gasteiger partial charge in [0.1, 0.15) is 11.5 Å². The molecule has 3 rings (SSSR count). The molecule has 0 aliphatic rings. The van der Waals surface area contributed by atoms with Crippen LogP contribution >= 0.6 is 0 Å². The third kappa shape index (κ3) is 2.72. The summed E-state index contributed by atoms with van der Waals surface area (Å²) in [5.74, 6) is 0.694. The van der Waals surface area contributed by atoms with E-state index in [-0.39, 0.29) is 5.91 Å². The molecule has 2 aromatic heterocycles. The smallest absolute Gasteiger partial charge is 0.268 e. The predicted molar refractivity (Wildman–Crippen MR) is 88.3 cm³/mol. The van der Waals surface area contributed by atoms with Crippen molar-refractivity contribution >= 4 is 16.8 Å². The maximum atomic E-state index is 12.5. The van der Waals surface area contributed by atoms with Crippen LogP contribution in [-0.4, -0.2) is 22.0 Å². The van der Waals surface area contributed by atoms with E-state index in [0.717, 1.165) is 29.6 Å². The molecule has 1 amide bonds. The minimum atomic E-state index is -0.0599. The minimum Gasteiger partial charge on any atom is -0.351 e. The molecule has 1 aromatic carbocycles. The highest BCUT2D eigenvalue weighted by atomic mass is 16.1. The number of nitrogens with one attached hydrogen (secondary N) is 1. The van der Waals surface area contributed by atoms with Crippen molar-refractivity contribution in [1.82, 2.24) is 14.9 Å². The van der Waals surface area contributed by atoms with Gasteiger partial charge in [-0.05, 0) is 30.7 Å². The zero-order valence-electron chi connectivity index (χ0n) is 12.6. The van der Waals surface area contributed by atoms with Crippen LogP contribution in [0.25, 0.3) is 16.7 Å². The topological polar surface area (TPSA) is 46.9 Å². The van der Waals surface area contributed by atoms with Gasteiger partial charge in [0.05, 0.1) is 5.52 Å². The van der Waals surface area contributed by atoms with Gasteiger partial charge < -0.3 is 5.32 Å². The van der Waals surface area contributed by atoms with E-state index in [1.54, 1.807) is 6.20 Å². The van der Waals surface area contributed by atoms with Crippen LogP contribution in [-0.2, 0) is 0 Å². The van der Waals surface area contributed by atoms with Crippen molar-refractivity contribution in [2.45, 2.75) is 19.8 Å². The summed E-state index contributed by atoms with van der Waals surface area (Å²) in [7, 11) is 0. The Morgan fingerprint density at radius 3 is 2.77 bits per heavy atom. The van der Waals surface area contributed by atoms with Crippen LogP contribution in [0.4, 0.5) is 0 Å². The molecule has 0 unspecified atom stereocenters. The fourth-order valence-corrected chi connectivity index (χ4v) is 2.52. The van der Waals surface area contributed by atoms with E-state index in [0.29, 0.717) is 12.2 Å². The van der Waals surface area contributed by atoms with Crippen LogP contribution in [0.3, 0.4) is 0 Å². The number of hydrogen-bond donors (Lipinski definition) is 1. The molecule has 2 heterocycles. The Balaban J connectivity index is 2.07. The Bertz CT molecular complexity index is 777. The highest BCUT2D eigenvalue weighted by Gasteiger charge is 2.16. The zero-order chi connectivity index (χ0) is 15.4. The summed E-state index contributed by atoms with van der Waals surface area (Å²) in [6.07, 6.45) is 3.78. The van der Waals surface area contributed by atoms with Crippen molar-refractivity contribution in [3.05, 3.63) is 60.4 Å². The van der Waals surface area contributed by atoms with Crippen LogP contribution in [0.5, 0.6) is 0 Å². The van der Waals surface area contributed by atoms with E-state index in [1.807, 2.05) is 53.1 Å². The Kier molecular flexibility index (Phi) is 4.19. The largest absolute Gasteiger partial charge is 0.351 e. The Morgan fingerprint density at radius 1 is 1.18 bits per heavy atom. The van der Waals surface area contributed by atoms with Crippen LogP contribution in [0.2, 0.25) is 0 Å². The fraction of sp³-hybridized carbons (Fsp3) is 0.222. The molecule has 4 heteroatoms. The number of carbonyl (C=O) groups is 1. The molecule has 0 radical (unpaired) electrons. The van der Waals surface area contributed by atoms with Crippen molar-refractivity contribution in [1.29, 1.82) is 0 Å². The third-order valence-electron chi connectivity index (χ3n) is 3.64. The zero-order valence-corrected chi connectivity index (χ0v) is 12.6. The molecule has 112 valence electrons. The van der Waals surface area contributed by atoms with E-state index < -0.39 is 0 Å². The standard InChI is InChI=1S/C18H19N3O/c1-2-3-11-20-18(22)16-13-14-8-4-5-9-15(14)21(16)17-10-6-7-12-19-17/h4-10,12-13H,2-3,11H2,1H3,(H,20,22). The van der Waals surface area contributed by atoms with Gasteiger partial charge in [-0.15, -0.1) is 0 Å². The first kappa shape index (κ1) is 14.3. The molecule has 0 atom stereocenters. The summed E-state index contributed by atoms with van der Waals surface area (Å²) in [4.78, 5) is 16.9. The van der Waals surface area contributed by atoms with E-state index in [1.165, 1.54) is 0 Å². The van der Waals surface area contributed by atoms with Gasteiger partial charge in [-0.3, -0.25) is 9.36 Å². The minimum absolute atomic E-state index is 0.0599. The quantitative estimate of drug-likeness (QED) is 0.731. The van der Waals surface area contributed by atoms with Gasteiger partial charge in [-0.25, -0.2) is 4.98 Å².